The van der Waals surface area contributed by atoms with E-state index in [9.17, 15) is 0 Å². The zero-order valence-corrected chi connectivity index (χ0v) is 19.9. The molecule has 3 heteroatoms. The van der Waals surface area contributed by atoms with E-state index < -0.39 is 0 Å². The zero-order valence-electron chi connectivity index (χ0n) is 19.9. The highest BCUT2D eigenvalue weighted by Gasteiger charge is 2.06. The second-order valence-corrected chi connectivity index (χ2v) is 5.47. The highest BCUT2D eigenvalue weighted by molar-refractivity contribution is 5.54. The van der Waals surface area contributed by atoms with Crippen LogP contribution in [0.15, 0.2) is 86.0 Å². The Hall–Kier alpha value is -3.07. The number of aryl methyl sites for hydroxylation is 1. The smallest absolute Gasteiger partial charge is 0.163 e. The molecule has 0 unspecified atom stereocenters. The molecule has 0 saturated heterocycles. The van der Waals surface area contributed by atoms with Gasteiger partial charge in [-0.05, 0) is 26.3 Å². The molecule has 0 N–H and O–H groups in total. The standard InChI is InChI=1S/C17H15N3.2C3H6.2C2H6/c1-13-18-16(12-14-8-4-2-5-9-14)20-17(19-13)15-10-6-3-7-11-15;2*1-3-2;2*1-2/h2-11H,12H2,1H3;2*3H,1H2,2H3;2*1-2H3. The summed E-state index contributed by atoms with van der Waals surface area (Å²) in [5, 5.41) is 0. The average Bonchev–Trinajstić information content (AvgIpc) is 2.79. The van der Waals surface area contributed by atoms with Crippen LogP contribution in [0.1, 0.15) is 58.8 Å². The van der Waals surface area contributed by atoms with Gasteiger partial charge in [0.2, 0.25) is 0 Å². The van der Waals surface area contributed by atoms with Gasteiger partial charge in [0.25, 0.3) is 0 Å². The van der Waals surface area contributed by atoms with Gasteiger partial charge in [0.1, 0.15) is 11.6 Å². The van der Waals surface area contributed by atoms with Gasteiger partial charge in [-0.2, -0.15) is 0 Å². The Bertz CT molecular complexity index is 776. The van der Waals surface area contributed by atoms with Crippen molar-refractivity contribution < 1.29 is 0 Å². The van der Waals surface area contributed by atoms with Crippen LogP contribution in [0.3, 0.4) is 0 Å². The number of hydrogen-bond donors (Lipinski definition) is 0. The van der Waals surface area contributed by atoms with Crippen molar-refractivity contribution in [2.75, 3.05) is 0 Å². The van der Waals surface area contributed by atoms with Gasteiger partial charge < -0.3 is 0 Å². The van der Waals surface area contributed by atoms with Gasteiger partial charge in [-0.25, -0.2) is 15.0 Å². The van der Waals surface area contributed by atoms with E-state index in [4.69, 9.17) is 0 Å². The van der Waals surface area contributed by atoms with Crippen LogP contribution in [0, 0.1) is 6.92 Å². The summed E-state index contributed by atoms with van der Waals surface area (Å²) in [6.45, 7) is 20.4. The van der Waals surface area contributed by atoms with E-state index in [0.717, 1.165) is 29.5 Å². The molecule has 1 heterocycles. The Labute approximate surface area is 184 Å². The number of nitrogens with zero attached hydrogens (tertiary/aromatic N) is 3. The van der Waals surface area contributed by atoms with Crippen molar-refractivity contribution in [3.63, 3.8) is 0 Å². The molecule has 0 atom stereocenters. The topological polar surface area (TPSA) is 38.7 Å². The maximum atomic E-state index is 4.58. The van der Waals surface area contributed by atoms with Gasteiger partial charge in [-0.15, -0.1) is 13.2 Å². The van der Waals surface area contributed by atoms with Gasteiger partial charge in [0.05, 0.1) is 0 Å². The van der Waals surface area contributed by atoms with Crippen LogP contribution in [-0.2, 0) is 6.42 Å². The largest absolute Gasteiger partial charge is 0.218 e. The van der Waals surface area contributed by atoms with Gasteiger partial charge in [0, 0.05) is 12.0 Å². The first-order chi connectivity index (χ1) is 14.6. The van der Waals surface area contributed by atoms with Crippen molar-refractivity contribution in [3.8, 4) is 11.4 Å². The molecule has 162 valence electrons. The second-order valence-electron chi connectivity index (χ2n) is 5.47. The molecule has 3 nitrogen and oxygen atoms in total. The van der Waals surface area contributed by atoms with Crippen LogP contribution in [0.25, 0.3) is 11.4 Å². The summed E-state index contributed by atoms with van der Waals surface area (Å²) in [6.07, 6.45) is 4.23. The summed E-state index contributed by atoms with van der Waals surface area (Å²) in [5.41, 5.74) is 2.23. The number of allylic oxidation sites excluding steroid dienone is 2. The molecule has 0 amide bonds. The second kappa shape index (κ2) is 20.7. The van der Waals surface area contributed by atoms with Crippen LogP contribution >= 0.6 is 0 Å². The molecular weight excluding hydrogens is 366 g/mol. The van der Waals surface area contributed by atoms with E-state index >= 15 is 0 Å². The Morgan fingerprint density at radius 1 is 0.700 bits per heavy atom. The first kappa shape index (κ1) is 29.1. The van der Waals surface area contributed by atoms with Crippen molar-refractivity contribution in [1.29, 1.82) is 0 Å². The predicted octanol–water partition coefficient (Wildman–Crippen LogP) is 7.87. The summed E-state index contributed by atoms with van der Waals surface area (Å²) in [6, 6.07) is 20.2. The molecule has 0 aliphatic heterocycles. The Kier molecular flexibility index (Phi) is 20.1. The molecule has 0 saturated carbocycles. The molecule has 2 aromatic carbocycles. The molecule has 1 aromatic heterocycles. The molecule has 30 heavy (non-hydrogen) atoms. The number of aromatic nitrogens is 3. The maximum absolute atomic E-state index is 4.58. The normalized spacial score (nSPS) is 8.23. The molecule has 0 aliphatic carbocycles. The van der Waals surface area contributed by atoms with Crippen molar-refractivity contribution in [2.24, 2.45) is 0 Å². The number of benzene rings is 2. The third-order valence-corrected chi connectivity index (χ3v) is 3.03. The monoisotopic (exact) mass is 405 g/mol. The van der Waals surface area contributed by atoms with E-state index in [1.54, 1.807) is 12.2 Å². The van der Waals surface area contributed by atoms with Gasteiger partial charge in [-0.3, -0.25) is 0 Å². The fourth-order valence-corrected chi connectivity index (χ4v) is 2.11. The molecule has 0 fully saturated rings. The highest BCUT2D eigenvalue weighted by atomic mass is 15.0. The lowest BCUT2D eigenvalue weighted by molar-refractivity contribution is 0.886. The SMILES string of the molecule is C=CC.C=CC.CC.CC.Cc1nc(Cc2ccccc2)nc(-c2ccccc2)n1. The van der Waals surface area contributed by atoms with E-state index in [2.05, 4.69) is 40.2 Å². The van der Waals surface area contributed by atoms with Gasteiger partial charge in [-0.1, -0.05) is 101 Å². The molecule has 0 aliphatic rings. The van der Waals surface area contributed by atoms with Crippen LogP contribution in [0.2, 0.25) is 0 Å². The minimum atomic E-state index is 0.726. The molecule has 0 bridgehead atoms. The Morgan fingerprint density at radius 3 is 1.60 bits per heavy atom. The fourth-order valence-electron chi connectivity index (χ4n) is 2.11. The number of hydrogen-bond acceptors (Lipinski definition) is 3. The molecular formula is C27H39N3. The lowest BCUT2D eigenvalue weighted by Crippen LogP contribution is -2.03. The summed E-state index contributed by atoms with van der Waals surface area (Å²) < 4.78 is 0. The van der Waals surface area contributed by atoms with E-state index in [1.807, 2.05) is 97.0 Å². The quantitative estimate of drug-likeness (QED) is 0.416. The van der Waals surface area contributed by atoms with E-state index in [-0.39, 0.29) is 0 Å². The molecule has 0 spiro atoms. The third-order valence-electron chi connectivity index (χ3n) is 3.03. The maximum Gasteiger partial charge on any atom is 0.163 e. The Balaban J connectivity index is 0. The van der Waals surface area contributed by atoms with Crippen molar-refractivity contribution in [3.05, 3.63) is 103 Å². The fraction of sp³-hybridized carbons (Fsp3) is 0.296. The first-order valence-electron chi connectivity index (χ1n) is 10.6. The summed E-state index contributed by atoms with van der Waals surface area (Å²) in [4.78, 5) is 13.4. The van der Waals surface area contributed by atoms with Crippen molar-refractivity contribution in [1.82, 2.24) is 15.0 Å². The van der Waals surface area contributed by atoms with Gasteiger partial charge in [0.15, 0.2) is 5.82 Å². The lowest BCUT2D eigenvalue weighted by atomic mass is 10.1. The van der Waals surface area contributed by atoms with Crippen molar-refractivity contribution >= 4 is 0 Å². The van der Waals surface area contributed by atoms with Crippen LogP contribution < -0.4 is 0 Å². The summed E-state index contributed by atoms with van der Waals surface area (Å²) >= 11 is 0. The number of rotatable bonds is 3. The average molecular weight is 406 g/mol. The minimum Gasteiger partial charge on any atom is -0.218 e. The zero-order chi connectivity index (χ0) is 23.2. The molecule has 0 radical (unpaired) electrons. The van der Waals surface area contributed by atoms with Crippen LogP contribution in [-0.4, -0.2) is 15.0 Å². The molecule has 3 rings (SSSR count). The lowest BCUT2D eigenvalue weighted by Gasteiger charge is -2.05. The molecule has 3 aromatic rings. The van der Waals surface area contributed by atoms with Crippen LogP contribution in [0.5, 0.6) is 0 Å². The highest BCUT2D eigenvalue weighted by Crippen LogP contribution is 2.15. The van der Waals surface area contributed by atoms with Crippen LogP contribution in [0.4, 0.5) is 0 Å². The van der Waals surface area contributed by atoms with E-state index in [1.165, 1.54) is 5.56 Å². The van der Waals surface area contributed by atoms with E-state index in [0.29, 0.717) is 0 Å². The Morgan fingerprint density at radius 2 is 1.13 bits per heavy atom. The third kappa shape index (κ3) is 13.2. The van der Waals surface area contributed by atoms with Crippen molar-refractivity contribution in [2.45, 2.75) is 54.9 Å². The summed E-state index contributed by atoms with van der Waals surface area (Å²) in [7, 11) is 0. The van der Waals surface area contributed by atoms with Gasteiger partial charge >= 0.3 is 0 Å². The first-order valence-corrected chi connectivity index (χ1v) is 10.6. The minimum absolute atomic E-state index is 0.726. The predicted molar refractivity (Wildman–Crippen MR) is 134 cm³/mol. The summed E-state index contributed by atoms with van der Waals surface area (Å²) in [5.74, 6) is 2.30.